The zero-order valence-corrected chi connectivity index (χ0v) is 27.4. The number of rotatable bonds is 24. The van der Waals surface area contributed by atoms with E-state index < -0.39 is 38.6 Å². The molecule has 244 valence electrons. The number of hydrogen-bond acceptors (Lipinski definition) is 8. The number of aliphatic hydroxyl groups excluding tert-OH is 1. The van der Waals surface area contributed by atoms with Crippen molar-refractivity contribution in [2.75, 3.05) is 47.5 Å². The second-order valence-corrected chi connectivity index (χ2v) is 12.1. The molecule has 43 heavy (non-hydrogen) atoms. The van der Waals surface area contributed by atoms with Crippen LogP contribution >= 0.6 is 7.82 Å². The predicted octanol–water partition coefficient (Wildman–Crippen LogP) is 5.75. The van der Waals surface area contributed by atoms with Gasteiger partial charge in [0.1, 0.15) is 19.8 Å². The van der Waals surface area contributed by atoms with Gasteiger partial charge in [0, 0.05) is 13.3 Å². The van der Waals surface area contributed by atoms with Crippen LogP contribution in [0.3, 0.4) is 0 Å². The Labute approximate surface area is 258 Å². The van der Waals surface area contributed by atoms with E-state index in [1.165, 1.54) is 6.92 Å². The summed E-state index contributed by atoms with van der Waals surface area (Å²) in [4.78, 5) is 33.3. The van der Waals surface area contributed by atoms with Gasteiger partial charge in [-0.3, -0.25) is 18.6 Å². The summed E-state index contributed by atoms with van der Waals surface area (Å²) < 4.78 is 32.6. The number of hydrogen-bond donors (Lipinski definition) is 2. The lowest BCUT2D eigenvalue weighted by molar-refractivity contribution is -0.870. The van der Waals surface area contributed by atoms with E-state index in [1.807, 2.05) is 33.3 Å². The minimum Gasteiger partial charge on any atom is -0.462 e. The molecular formula is C32H53NO9P+. The van der Waals surface area contributed by atoms with Gasteiger partial charge in [0.25, 0.3) is 0 Å². The number of likely N-dealkylation sites (N-methyl/N-ethyl adjacent to an activating group) is 1. The van der Waals surface area contributed by atoms with Gasteiger partial charge in [0.05, 0.1) is 33.9 Å². The van der Waals surface area contributed by atoms with E-state index in [-0.39, 0.29) is 19.6 Å². The predicted molar refractivity (Wildman–Crippen MR) is 170 cm³/mol. The minimum atomic E-state index is -4.36. The van der Waals surface area contributed by atoms with Gasteiger partial charge in [-0.05, 0) is 38.5 Å². The second-order valence-electron chi connectivity index (χ2n) is 10.7. The van der Waals surface area contributed by atoms with Crippen LogP contribution in [-0.2, 0) is 32.7 Å². The number of allylic oxidation sites excluding steroid dienone is 10. The Morgan fingerprint density at radius 2 is 1.49 bits per heavy atom. The van der Waals surface area contributed by atoms with Crippen molar-refractivity contribution in [1.82, 2.24) is 0 Å². The van der Waals surface area contributed by atoms with E-state index >= 15 is 0 Å². The second kappa shape index (κ2) is 24.8. The summed E-state index contributed by atoms with van der Waals surface area (Å²) in [6.07, 6.45) is 26.8. The van der Waals surface area contributed by atoms with Crippen LogP contribution in [0.15, 0.2) is 72.9 Å². The molecule has 0 saturated heterocycles. The molecule has 0 spiro atoms. The van der Waals surface area contributed by atoms with Crippen molar-refractivity contribution in [2.24, 2.45) is 0 Å². The summed E-state index contributed by atoms with van der Waals surface area (Å²) in [7, 11) is 1.35. The zero-order chi connectivity index (χ0) is 32.4. The van der Waals surface area contributed by atoms with Crippen molar-refractivity contribution in [3.05, 3.63) is 72.9 Å². The lowest BCUT2D eigenvalue weighted by Crippen LogP contribution is -2.37. The van der Waals surface area contributed by atoms with E-state index in [9.17, 15) is 24.2 Å². The Balaban J connectivity index is 4.23. The molecule has 3 atom stereocenters. The molecule has 2 unspecified atom stereocenters. The van der Waals surface area contributed by atoms with E-state index in [2.05, 4.69) is 43.4 Å². The Bertz CT molecular complexity index is 993. The molecule has 0 aliphatic heterocycles. The number of carbonyl (C=O) groups is 2. The lowest BCUT2D eigenvalue weighted by atomic mass is 10.2. The van der Waals surface area contributed by atoms with Crippen molar-refractivity contribution in [2.45, 2.75) is 71.0 Å². The van der Waals surface area contributed by atoms with Crippen LogP contribution in [0.2, 0.25) is 0 Å². The highest BCUT2D eigenvalue weighted by atomic mass is 31.2. The molecule has 0 bridgehead atoms. The molecule has 0 heterocycles. The molecule has 10 nitrogen and oxygen atoms in total. The van der Waals surface area contributed by atoms with Crippen molar-refractivity contribution < 1.29 is 47.2 Å². The largest absolute Gasteiger partial charge is 0.472 e. The number of phosphoric acid groups is 1. The molecular weight excluding hydrogens is 573 g/mol. The average molecular weight is 627 g/mol. The standard InChI is InChI=1S/C32H52NO9P/c1-6-7-8-9-10-11-12-13-14-15-16-17-19-22-30(35)23-20-18-21-24-32(36)39-27-31(42-29(2)34)28-41-43(37,38)40-26-25-33(3,4)5/h7-8,10-11,13-14,16-20,22,30-31,35H,6,9,12,15,21,23-28H2,1-5H3/p+1/b8-7-,11-10-,14-13-,17-16-,20-18-,22-19-/t30?,31-/m1/s1. The highest BCUT2D eigenvalue weighted by Gasteiger charge is 2.26. The van der Waals surface area contributed by atoms with Crippen LogP contribution in [0, 0.1) is 0 Å². The van der Waals surface area contributed by atoms with Crippen molar-refractivity contribution in [3.63, 3.8) is 0 Å². The molecule has 0 aromatic carbocycles. The first-order chi connectivity index (χ1) is 20.3. The maximum absolute atomic E-state index is 12.1. The lowest BCUT2D eigenvalue weighted by Gasteiger charge is -2.24. The topological polar surface area (TPSA) is 129 Å². The summed E-state index contributed by atoms with van der Waals surface area (Å²) in [5.74, 6) is -1.19. The quantitative estimate of drug-likeness (QED) is 0.0452. The number of carbonyl (C=O) groups excluding carboxylic acids is 2. The molecule has 11 heteroatoms. The Morgan fingerprint density at radius 3 is 2.09 bits per heavy atom. The van der Waals surface area contributed by atoms with Gasteiger partial charge >= 0.3 is 19.8 Å². The van der Waals surface area contributed by atoms with Gasteiger partial charge < -0.3 is 24.0 Å². The van der Waals surface area contributed by atoms with Gasteiger partial charge in [-0.15, -0.1) is 0 Å². The van der Waals surface area contributed by atoms with E-state index in [0.717, 1.165) is 25.7 Å². The third-order valence-electron chi connectivity index (χ3n) is 5.39. The van der Waals surface area contributed by atoms with E-state index in [1.54, 1.807) is 24.3 Å². The van der Waals surface area contributed by atoms with Crippen LogP contribution in [0.25, 0.3) is 0 Å². The van der Waals surface area contributed by atoms with Gasteiger partial charge in [-0.25, -0.2) is 4.57 Å². The van der Waals surface area contributed by atoms with Crippen molar-refractivity contribution in [3.8, 4) is 0 Å². The molecule has 0 amide bonds. The van der Waals surface area contributed by atoms with Crippen LogP contribution in [0.4, 0.5) is 0 Å². The minimum absolute atomic E-state index is 0.00336. The molecule has 0 aromatic rings. The molecule has 0 rings (SSSR count). The first-order valence-electron chi connectivity index (χ1n) is 14.7. The summed E-state index contributed by atoms with van der Waals surface area (Å²) in [5.41, 5.74) is 0. The third-order valence-corrected chi connectivity index (χ3v) is 6.38. The maximum atomic E-state index is 12.1. The Morgan fingerprint density at radius 1 is 0.860 bits per heavy atom. The van der Waals surface area contributed by atoms with Gasteiger partial charge in [0.15, 0.2) is 6.10 Å². The number of esters is 2. The fourth-order valence-corrected chi connectivity index (χ4v) is 3.86. The number of aliphatic hydroxyl groups is 1. The highest BCUT2D eigenvalue weighted by Crippen LogP contribution is 2.43. The van der Waals surface area contributed by atoms with Crippen molar-refractivity contribution in [1.29, 1.82) is 0 Å². The number of ether oxygens (including phenoxy) is 2. The van der Waals surface area contributed by atoms with E-state index in [0.29, 0.717) is 23.9 Å². The number of phosphoric ester groups is 1. The fourth-order valence-electron chi connectivity index (χ4n) is 3.12. The smallest absolute Gasteiger partial charge is 0.462 e. The molecule has 2 N–H and O–H groups in total. The van der Waals surface area contributed by atoms with Crippen molar-refractivity contribution >= 4 is 19.8 Å². The maximum Gasteiger partial charge on any atom is 0.472 e. The van der Waals surface area contributed by atoms with Gasteiger partial charge in [-0.1, -0.05) is 79.8 Å². The molecule has 0 fully saturated rings. The van der Waals surface area contributed by atoms with Crippen LogP contribution in [0.5, 0.6) is 0 Å². The summed E-state index contributed by atoms with van der Waals surface area (Å²) in [5, 5.41) is 10.1. The molecule has 0 aliphatic carbocycles. The summed E-state index contributed by atoms with van der Waals surface area (Å²) in [6, 6.07) is 0. The monoisotopic (exact) mass is 626 g/mol. The van der Waals surface area contributed by atoms with Crippen LogP contribution < -0.4 is 0 Å². The summed E-state index contributed by atoms with van der Waals surface area (Å²) >= 11 is 0. The van der Waals surface area contributed by atoms with Gasteiger partial charge in [0.2, 0.25) is 0 Å². The summed E-state index contributed by atoms with van der Waals surface area (Å²) in [6.45, 7) is 2.96. The molecule has 0 aliphatic rings. The normalized spacial score (nSPS) is 15.8. The SMILES string of the molecule is CC/C=C\C/C=C\C/C=C\C/C=C\C=C/C(O)C/C=C\CCC(=O)OC[C@H](COP(=O)(O)OCC[N+](C)(C)C)OC(C)=O. The first kappa shape index (κ1) is 40.4. The average Bonchev–Trinajstić information content (AvgIpc) is 2.91. The molecule has 0 saturated carbocycles. The fraction of sp³-hybridized carbons (Fsp3) is 0.562. The zero-order valence-electron chi connectivity index (χ0n) is 26.5. The molecule has 0 aromatic heterocycles. The third kappa shape index (κ3) is 29.3. The molecule has 0 radical (unpaired) electrons. The Kier molecular flexibility index (Phi) is 23.3. The highest BCUT2D eigenvalue weighted by molar-refractivity contribution is 7.47. The van der Waals surface area contributed by atoms with Gasteiger partial charge in [-0.2, -0.15) is 0 Å². The first-order valence-corrected chi connectivity index (χ1v) is 16.2. The Hall–Kier alpha value is -2.59. The van der Waals surface area contributed by atoms with E-state index in [4.69, 9.17) is 18.5 Å². The van der Waals surface area contributed by atoms with Crippen LogP contribution in [-0.4, -0.2) is 86.1 Å². The number of quaternary nitrogens is 1. The van der Waals surface area contributed by atoms with Crippen LogP contribution in [0.1, 0.15) is 58.8 Å². The number of nitrogens with zero attached hydrogens (tertiary/aromatic N) is 1.